The van der Waals surface area contributed by atoms with Gasteiger partial charge in [-0.05, 0) is 20.8 Å². The van der Waals surface area contributed by atoms with E-state index in [1.165, 1.54) is 0 Å². The molecule has 0 aromatic carbocycles. The molecule has 0 saturated heterocycles. The van der Waals surface area contributed by atoms with Gasteiger partial charge in [0.05, 0.1) is 0 Å². The summed E-state index contributed by atoms with van der Waals surface area (Å²) in [4.78, 5) is 21.7. The smallest absolute Gasteiger partial charge is 0.324 e. The highest BCUT2D eigenvalue weighted by atomic mass is 16.6. The molecule has 0 bridgehead atoms. The highest BCUT2D eigenvalue weighted by Gasteiger charge is 2.35. The first-order valence-electron chi connectivity index (χ1n) is 4.04. The number of carboxylic acids is 1. The second-order valence-electron chi connectivity index (χ2n) is 3.84. The van der Waals surface area contributed by atoms with Gasteiger partial charge in [0.2, 0.25) is 0 Å². The van der Waals surface area contributed by atoms with Crippen LogP contribution in [0.1, 0.15) is 20.8 Å². The summed E-state index contributed by atoms with van der Waals surface area (Å²) in [5, 5.41) is 17.4. The first-order chi connectivity index (χ1) is 6.15. The largest absolute Gasteiger partial charge is 0.480 e. The molecular weight excluding hydrogens is 204 g/mol. The second kappa shape index (κ2) is 5.64. The van der Waals surface area contributed by atoms with Crippen LogP contribution in [0.25, 0.3) is 0 Å². The lowest BCUT2D eigenvalue weighted by Gasteiger charge is -2.23. The fourth-order valence-corrected chi connectivity index (χ4v) is 0.752. The van der Waals surface area contributed by atoms with Crippen molar-refractivity contribution in [3.05, 3.63) is 0 Å². The molecule has 7 N–H and O–H groups in total. The first-order valence-corrected chi connectivity index (χ1v) is 4.04. The van der Waals surface area contributed by atoms with E-state index in [4.69, 9.17) is 20.7 Å². The molecule has 0 aromatic rings. The first kappa shape index (κ1) is 16.3. The Balaban J connectivity index is 0. The number of aliphatic carboxylic acids is 1. The quantitative estimate of drug-likeness (QED) is 0.285. The van der Waals surface area contributed by atoms with E-state index in [-0.39, 0.29) is 6.15 Å². The predicted octanol–water partition coefficient (Wildman–Crippen LogP) is -0.532. The molecule has 2 atom stereocenters. The molecule has 0 saturated carbocycles. The molecule has 0 heterocycles. The van der Waals surface area contributed by atoms with Gasteiger partial charge in [-0.2, -0.15) is 0 Å². The summed E-state index contributed by atoms with van der Waals surface area (Å²) >= 11 is 0. The molecule has 7 nitrogen and oxygen atoms in total. The maximum atomic E-state index is 11.2. The van der Waals surface area contributed by atoms with E-state index in [0.717, 1.165) is 0 Å². The number of aliphatic hydroxyl groups is 1. The van der Waals surface area contributed by atoms with Crippen molar-refractivity contribution in [2.75, 3.05) is 0 Å². The molecule has 0 aliphatic rings. The number of carbonyl (C=O) groups is 2. The van der Waals surface area contributed by atoms with E-state index in [2.05, 4.69) is 0 Å². The summed E-state index contributed by atoms with van der Waals surface area (Å²) in [7, 11) is 0. The number of carboxylic acid groups (broad SMARTS) is 1. The zero-order valence-electron chi connectivity index (χ0n) is 9.06. The van der Waals surface area contributed by atoms with Gasteiger partial charge in [-0.1, -0.05) is 0 Å². The van der Waals surface area contributed by atoms with Crippen LogP contribution in [0.3, 0.4) is 0 Å². The van der Waals surface area contributed by atoms with Crippen LogP contribution < -0.4 is 11.9 Å². The molecule has 15 heavy (non-hydrogen) atoms. The number of hydrogen-bond donors (Lipinski definition) is 4. The van der Waals surface area contributed by atoms with Crippen LogP contribution in [0.5, 0.6) is 0 Å². The zero-order chi connectivity index (χ0) is 11.5. The fourth-order valence-electron chi connectivity index (χ4n) is 0.752. The van der Waals surface area contributed by atoms with Crippen molar-refractivity contribution in [1.82, 2.24) is 6.15 Å². The Morgan fingerprint density at radius 3 is 1.93 bits per heavy atom. The van der Waals surface area contributed by atoms with E-state index in [1.807, 2.05) is 0 Å². The highest BCUT2D eigenvalue weighted by molar-refractivity contribution is 5.94. The molecule has 0 amide bonds. The van der Waals surface area contributed by atoms with Gasteiger partial charge in [-0.15, -0.1) is 0 Å². The number of ether oxygens (including phenoxy) is 1. The van der Waals surface area contributed by atoms with Crippen LogP contribution in [0.2, 0.25) is 0 Å². The third-order valence-electron chi connectivity index (χ3n) is 1.27. The van der Waals surface area contributed by atoms with E-state index in [0.29, 0.717) is 0 Å². The molecule has 7 heteroatoms. The number of esters is 1. The lowest BCUT2D eigenvalue weighted by Crippen LogP contribution is -2.43. The molecule has 90 valence electrons. The van der Waals surface area contributed by atoms with Gasteiger partial charge in [-0.25, -0.2) is 0 Å². The minimum absolute atomic E-state index is 0. The van der Waals surface area contributed by atoms with E-state index in [1.54, 1.807) is 20.8 Å². The van der Waals surface area contributed by atoms with E-state index < -0.39 is 29.7 Å². The number of carbonyl (C=O) groups excluding carboxylic acids is 1. The third kappa shape index (κ3) is 6.00. The van der Waals surface area contributed by atoms with Crippen molar-refractivity contribution in [3.8, 4) is 0 Å². The van der Waals surface area contributed by atoms with Gasteiger partial charge in [0.1, 0.15) is 11.8 Å². The number of hydrogen-bond acceptors (Lipinski definition) is 6. The molecule has 2 unspecified atom stereocenters. The summed E-state index contributed by atoms with van der Waals surface area (Å²) in [6.07, 6.45) is -1.76. The van der Waals surface area contributed by atoms with Crippen molar-refractivity contribution in [2.24, 2.45) is 11.7 Å². The van der Waals surface area contributed by atoms with Crippen LogP contribution in [-0.4, -0.2) is 34.0 Å². The summed E-state index contributed by atoms with van der Waals surface area (Å²) < 4.78 is 4.76. The molecule has 0 aromatic heterocycles. The summed E-state index contributed by atoms with van der Waals surface area (Å²) in [6.45, 7) is 4.77. The van der Waals surface area contributed by atoms with Gasteiger partial charge < -0.3 is 26.8 Å². The van der Waals surface area contributed by atoms with Gasteiger partial charge in [0.25, 0.3) is 0 Å². The van der Waals surface area contributed by atoms with Crippen molar-refractivity contribution in [3.63, 3.8) is 0 Å². The Morgan fingerprint density at radius 1 is 1.33 bits per heavy atom. The molecule has 0 fully saturated rings. The molecular formula is C8H18N2O5. The number of nitrogens with two attached hydrogens (primary N) is 1. The zero-order valence-corrected chi connectivity index (χ0v) is 9.06. The average molecular weight is 222 g/mol. The Morgan fingerprint density at radius 2 is 1.73 bits per heavy atom. The van der Waals surface area contributed by atoms with Gasteiger partial charge in [0, 0.05) is 0 Å². The van der Waals surface area contributed by atoms with Gasteiger partial charge in [0.15, 0.2) is 5.92 Å². The topological polar surface area (TPSA) is 145 Å². The normalized spacial score (nSPS) is 14.7. The third-order valence-corrected chi connectivity index (χ3v) is 1.27. The van der Waals surface area contributed by atoms with Crippen molar-refractivity contribution >= 4 is 11.9 Å². The molecule has 0 aliphatic carbocycles. The van der Waals surface area contributed by atoms with Crippen LogP contribution in [0.4, 0.5) is 0 Å². The minimum atomic E-state index is -1.76. The minimum Gasteiger partial charge on any atom is -0.480 e. The van der Waals surface area contributed by atoms with E-state index in [9.17, 15) is 9.59 Å². The van der Waals surface area contributed by atoms with Gasteiger partial charge in [-0.3, -0.25) is 9.59 Å². The summed E-state index contributed by atoms with van der Waals surface area (Å²) in [5.41, 5.74) is 4.13. The molecule has 0 aliphatic heterocycles. The van der Waals surface area contributed by atoms with Gasteiger partial charge >= 0.3 is 11.9 Å². The van der Waals surface area contributed by atoms with Crippen LogP contribution in [0.15, 0.2) is 0 Å². The van der Waals surface area contributed by atoms with Crippen LogP contribution >= 0.6 is 0 Å². The SMILES string of the molecule is CC(C)(C)OC(=O)C(C(=O)O)C(N)O.N. The maximum absolute atomic E-state index is 11.2. The van der Waals surface area contributed by atoms with Crippen LogP contribution in [-0.2, 0) is 14.3 Å². The predicted molar refractivity (Wildman–Crippen MR) is 52.2 cm³/mol. The Bertz CT molecular complexity index is 234. The van der Waals surface area contributed by atoms with Crippen molar-refractivity contribution < 1.29 is 24.5 Å². The monoisotopic (exact) mass is 222 g/mol. The van der Waals surface area contributed by atoms with Crippen molar-refractivity contribution in [2.45, 2.75) is 32.6 Å². The fraction of sp³-hybridized carbons (Fsp3) is 0.750. The molecule has 0 rings (SSSR count). The lowest BCUT2D eigenvalue weighted by atomic mass is 10.1. The average Bonchev–Trinajstić information content (AvgIpc) is 1.78. The number of aliphatic hydroxyl groups excluding tert-OH is 1. The Hall–Kier alpha value is -1.18. The summed E-state index contributed by atoms with van der Waals surface area (Å²) in [5.74, 6) is -4.29. The van der Waals surface area contributed by atoms with E-state index >= 15 is 0 Å². The number of rotatable bonds is 3. The maximum Gasteiger partial charge on any atom is 0.324 e. The highest BCUT2D eigenvalue weighted by Crippen LogP contribution is 2.12. The second-order valence-corrected chi connectivity index (χ2v) is 3.84. The molecule has 0 radical (unpaired) electrons. The Labute approximate surface area is 87.8 Å². The molecule has 0 spiro atoms. The Kier molecular flexibility index (Phi) is 6.11. The lowest BCUT2D eigenvalue weighted by molar-refractivity contribution is -0.171. The summed E-state index contributed by atoms with van der Waals surface area (Å²) in [6, 6.07) is 0. The van der Waals surface area contributed by atoms with Crippen molar-refractivity contribution in [1.29, 1.82) is 0 Å². The van der Waals surface area contributed by atoms with Crippen LogP contribution in [0, 0.1) is 5.92 Å². The standard InChI is InChI=1S/C8H15NO5.H3N/c1-8(2,3)14-7(13)4(5(9)10)6(11)12;/h4-5,10H,9H2,1-3H3,(H,11,12);1H3.